The molecule has 1 aliphatic rings. The van der Waals surface area contributed by atoms with E-state index in [1.54, 1.807) is 6.07 Å². The highest BCUT2D eigenvalue weighted by Crippen LogP contribution is 2.31. The summed E-state index contributed by atoms with van der Waals surface area (Å²) in [6, 6.07) is 7.34. The van der Waals surface area contributed by atoms with E-state index >= 15 is 0 Å². The van der Waals surface area contributed by atoms with Crippen molar-refractivity contribution in [3.8, 4) is 17.2 Å². The summed E-state index contributed by atoms with van der Waals surface area (Å²) >= 11 is 0. The van der Waals surface area contributed by atoms with Crippen molar-refractivity contribution in [3.05, 3.63) is 53.3 Å². The van der Waals surface area contributed by atoms with E-state index in [2.05, 4.69) is 15.6 Å². The van der Waals surface area contributed by atoms with Crippen molar-refractivity contribution in [2.45, 2.75) is 31.4 Å². The highest BCUT2D eigenvalue weighted by atomic mass is 35.5. The highest BCUT2D eigenvalue weighted by molar-refractivity contribution is 5.85. The van der Waals surface area contributed by atoms with E-state index in [1.165, 1.54) is 18.3 Å². The molecule has 1 aromatic carbocycles. The molecule has 0 spiro atoms. The van der Waals surface area contributed by atoms with Crippen molar-refractivity contribution in [1.82, 2.24) is 15.6 Å². The van der Waals surface area contributed by atoms with Gasteiger partial charge >= 0.3 is 6.18 Å². The third-order valence-electron chi connectivity index (χ3n) is 4.44. The molecule has 2 N–H and O–H groups in total. The molecule has 0 saturated carbocycles. The third-order valence-corrected chi connectivity index (χ3v) is 4.44. The summed E-state index contributed by atoms with van der Waals surface area (Å²) in [4.78, 5) is 16.1. The van der Waals surface area contributed by atoms with Gasteiger partial charge in [0.15, 0.2) is 0 Å². The lowest BCUT2D eigenvalue weighted by atomic mass is 10.00. The molecule has 0 unspecified atom stereocenters. The van der Waals surface area contributed by atoms with Crippen LogP contribution in [0.4, 0.5) is 17.6 Å². The summed E-state index contributed by atoms with van der Waals surface area (Å²) in [7, 11) is 0. The maximum Gasteiger partial charge on any atom is 0.416 e. The van der Waals surface area contributed by atoms with E-state index in [0.717, 1.165) is 12.1 Å². The summed E-state index contributed by atoms with van der Waals surface area (Å²) in [6.45, 7) is 0.179. The van der Waals surface area contributed by atoms with Crippen LogP contribution in [0.5, 0.6) is 0 Å². The Hall–Kier alpha value is -2.70. The van der Waals surface area contributed by atoms with Gasteiger partial charge in [-0.25, -0.2) is 4.39 Å². The normalized spacial score (nSPS) is 18.6. The number of hydrogen-bond donors (Lipinski definition) is 2. The fourth-order valence-electron chi connectivity index (χ4n) is 2.96. The van der Waals surface area contributed by atoms with Crippen molar-refractivity contribution < 1.29 is 22.4 Å². The number of carbonyl (C=O) groups excluding carboxylic acids is 1. The van der Waals surface area contributed by atoms with E-state index in [1.807, 2.05) is 6.07 Å². The van der Waals surface area contributed by atoms with Crippen molar-refractivity contribution in [3.63, 3.8) is 0 Å². The molecular formula is C19H17ClF4N4O. The Morgan fingerprint density at radius 2 is 2.00 bits per heavy atom. The number of nitriles is 1. The standard InChI is InChI=1S/C19H16F4N4O.ClH/c20-14-5-17(26-9-14)18(28)27-10-15-6-16(12(7-24)8-25-15)11-1-3-13(4-2-11)19(21,22)23;/h1-4,6,8,14,17,26H,5,9-10H2,(H,27,28);1H/t14-,17-;/m1./s1. The van der Waals surface area contributed by atoms with Crippen LogP contribution in [0, 0.1) is 11.3 Å². The lowest BCUT2D eigenvalue weighted by molar-refractivity contribution is -0.137. The monoisotopic (exact) mass is 428 g/mol. The molecule has 0 bridgehead atoms. The third kappa shape index (κ3) is 5.43. The first kappa shape index (κ1) is 22.6. The van der Waals surface area contributed by atoms with Crippen molar-refractivity contribution in [2.24, 2.45) is 0 Å². The van der Waals surface area contributed by atoms with E-state index in [4.69, 9.17) is 0 Å². The Morgan fingerprint density at radius 1 is 1.31 bits per heavy atom. The first-order valence-corrected chi connectivity index (χ1v) is 8.49. The second-order valence-electron chi connectivity index (χ2n) is 6.42. The van der Waals surface area contributed by atoms with Crippen LogP contribution in [0.1, 0.15) is 23.2 Å². The lowest BCUT2D eigenvalue weighted by Crippen LogP contribution is -2.40. The molecular weight excluding hydrogens is 412 g/mol. The van der Waals surface area contributed by atoms with Gasteiger partial charge in [-0.15, -0.1) is 12.4 Å². The number of carbonyl (C=O) groups is 1. The van der Waals surface area contributed by atoms with Gasteiger partial charge in [-0.3, -0.25) is 9.78 Å². The van der Waals surface area contributed by atoms with Crippen LogP contribution in [0.15, 0.2) is 36.5 Å². The minimum atomic E-state index is -4.45. The molecule has 154 valence electrons. The SMILES string of the molecule is Cl.N#Cc1cnc(CNC(=O)[C@H]2C[C@@H](F)CN2)cc1-c1ccc(C(F)(F)F)cc1. The van der Waals surface area contributed by atoms with Gasteiger partial charge in [-0.2, -0.15) is 18.4 Å². The Morgan fingerprint density at radius 3 is 2.55 bits per heavy atom. The summed E-state index contributed by atoms with van der Waals surface area (Å²) in [6.07, 6.45) is -4.10. The number of nitrogens with zero attached hydrogens (tertiary/aromatic N) is 2. The number of hydrogen-bond acceptors (Lipinski definition) is 4. The highest BCUT2D eigenvalue weighted by Gasteiger charge is 2.30. The number of amides is 1. The predicted molar refractivity (Wildman–Crippen MR) is 99.8 cm³/mol. The Bertz CT molecular complexity index is 912. The zero-order valence-electron chi connectivity index (χ0n) is 15.0. The van der Waals surface area contributed by atoms with Crippen molar-refractivity contribution in [2.75, 3.05) is 6.54 Å². The van der Waals surface area contributed by atoms with Crippen LogP contribution in [-0.4, -0.2) is 29.6 Å². The van der Waals surface area contributed by atoms with Gasteiger partial charge in [-0.05, 0) is 23.8 Å². The summed E-state index contributed by atoms with van der Waals surface area (Å²) in [5.41, 5.74) is 0.687. The van der Waals surface area contributed by atoms with E-state index < -0.39 is 24.0 Å². The van der Waals surface area contributed by atoms with Crippen molar-refractivity contribution in [1.29, 1.82) is 5.26 Å². The van der Waals surface area contributed by atoms with E-state index in [-0.39, 0.29) is 43.4 Å². The van der Waals surface area contributed by atoms with Gasteiger partial charge in [0.1, 0.15) is 12.2 Å². The molecule has 1 amide bonds. The number of benzene rings is 1. The Kier molecular flexibility index (Phi) is 7.16. The molecule has 0 aliphatic carbocycles. The molecule has 29 heavy (non-hydrogen) atoms. The van der Waals surface area contributed by atoms with Gasteiger partial charge < -0.3 is 10.6 Å². The first-order valence-electron chi connectivity index (χ1n) is 8.49. The molecule has 1 aromatic heterocycles. The number of halogens is 5. The zero-order chi connectivity index (χ0) is 20.3. The van der Waals surface area contributed by atoms with Gasteiger partial charge in [0.25, 0.3) is 0 Å². The van der Waals surface area contributed by atoms with Gasteiger partial charge in [0.05, 0.1) is 29.4 Å². The number of pyridine rings is 1. The maximum absolute atomic E-state index is 13.2. The molecule has 2 atom stereocenters. The quantitative estimate of drug-likeness (QED) is 0.732. The second-order valence-corrected chi connectivity index (χ2v) is 6.42. The Balaban J connectivity index is 0.00000300. The first-order chi connectivity index (χ1) is 13.3. The van der Waals surface area contributed by atoms with Crippen LogP contribution in [0.25, 0.3) is 11.1 Å². The number of alkyl halides is 4. The molecule has 1 saturated heterocycles. The fraction of sp³-hybridized carbons (Fsp3) is 0.316. The van der Waals surface area contributed by atoms with Crippen LogP contribution >= 0.6 is 12.4 Å². The predicted octanol–water partition coefficient (Wildman–Crippen LogP) is 3.38. The second kappa shape index (κ2) is 9.20. The summed E-state index contributed by atoms with van der Waals surface area (Å²) in [5.74, 6) is -0.359. The number of nitrogens with one attached hydrogen (secondary N) is 2. The topological polar surface area (TPSA) is 77.8 Å². The average Bonchev–Trinajstić information content (AvgIpc) is 3.12. The fourth-order valence-corrected chi connectivity index (χ4v) is 2.96. The van der Waals surface area contributed by atoms with Gasteiger partial charge in [0.2, 0.25) is 5.91 Å². The van der Waals surface area contributed by atoms with Crippen LogP contribution in [-0.2, 0) is 17.5 Å². The molecule has 1 fully saturated rings. The number of rotatable bonds is 4. The summed E-state index contributed by atoms with van der Waals surface area (Å²) in [5, 5.41) is 14.7. The zero-order valence-corrected chi connectivity index (χ0v) is 15.8. The van der Waals surface area contributed by atoms with Crippen LogP contribution in [0.2, 0.25) is 0 Å². The Labute approximate surface area is 170 Å². The average molecular weight is 429 g/mol. The van der Waals surface area contributed by atoms with Gasteiger partial charge in [-0.1, -0.05) is 12.1 Å². The van der Waals surface area contributed by atoms with Gasteiger partial charge in [0, 0.05) is 24.7 Å². The smallest absolute Gasteiger partial charge is 0.349 e. The molecule has 3 rings (SSSR count). The molecule has 1 aliphatic heterocycles. The van der Waals surface area contributed by atoms with E-state index in [9.17, 15) is 27.6 Å². The number of aromatic nitrogens is 1. The van der Waals surface area contributed by atoms with E-state index in [0.29, 0.717) is 16.8 Å². The van der Waals surface area contributed by atoms with Crippen molar-refractivity contribution >= 4 is 18.3 Å². The van der Waals surface area contributed by atoms with Crippen LogP contribution in [0.3, 0.4) is 0 Å². The summed E-state index contributed by atoms with van der Waals surface area (Å²) < 4.78 is 51.4. The molecule has 2 heterocycles. The van der Waals surface area contributed by atoms with Crippen LogP contribution < -0.4 is 10.6 Å². The molecule has 10 heteroatoms. The molecule has 0 radical (unpaired) electrons. The minimum absolute atomic E-state index is 0. The largest absolute Gasteiger partial charge is 0.416 e. The minimum Gasteiger partial charge on any atom is -0.349 e. The molecule has 5 nitrogen and oxygen atoms in total. The lowest BCUT2D eigenvalue weighted by Gasteiger charge is -2.12. The molecule has 2 aromatic rings. The maximum atomic E-state index is 13.2.